The van der Waals surface area contributed by atoms with Crippen LogP contribution in [0.25, 0.3) is 0 Å². The van der Waals surface area contributed by atoms with Gasteiger partial charge in [0.1, 0.15) is 5.82 Å². The van der Waals surface area contributed by atoms with Gasteiger partial charge in [-0.1, -0.05) is 20.3 Å². The van der Waals surface area contributed by atoms with E-state index in [0.29, 0.717) is 6.04 Å². The molecule has 0 amide bonds. The number of pyridine rings is 1. The van der Waals surface area contributed by atoms with Crippen LogP contribution in [0.1, 0.15) is 64.1 Å². The van der Waals surface area contributed by atoms with Crippen LogP contribution in [-0.2, 0) is 0 Å². The Bertz CT molecular complexity index is 369. The van der Waals surface area contributed by atoms with Crippen LogP contribution in [0.15, 0.2) is 18.3 Å². The van der Waals surface area contributed by atoms with E-state index in [2.05, 4.69) is 24.1 Å². The molecule has 1 heterocycles. The third-order valence-electron chi connectivity index (χ3n) is 4.38. The molecule has 3 heteroatoms. The average molecular weight is 264 g/mol. The first-order valence-electron chi connectivity index (χ1n) is 7.60. The highest BCUT2D eigenvalue weighted by Crippen LogP contribution is 2.28. The minimum absolute atomic E-state index is 0.253. The van der Waals surface area contributed by atoms with Crippen molar-refractivity contribution in [2.24, 2.45) is 5.92 Å². The van der Waals surface area contributed by atoms with E-state index in [1.807, 2.05) is 0 Å². The highest BCUT2D eigenvalue weighted by molar-refractivity contribution is 5.10. The second kappa shape index (κ2) is 6.99. The van der Waals surface area contributed by atoms with Gasteiger partial charge in [-0.2, -0.15) is 0 Å². The van der Waals surface area contributed by atoms with Gasteiger partial charge in [0.2, 0.25) is 0 Å². The van der Waals surface area contributed by atoms with E-state index in [1.165, 1.54) is 44.4 Å². The topological polar surface area (TPSA) is 24.9 Å². The van der Waals surface area contributed by atoms with E-state index in [1.54, 1.807) is 6.07 Å². The summed E-state index contributed by atoms with van der Waals surface area (Å²) < 4.78 is 12.9. The summed E-state index contributed by atoms with van der Waals surface area (Å²) in [6, 6.07) is 4.15. The Morgan fingerprint density at radius 3 is 2.53 bits per heavy atom. The molecule has 19 heavy (non-hydrogen) atoms. The van der Waals surface area contributed by atoms with Gasteiger partial charge in [0.05, 0.1) is 11.9 Å². The van der Waals surface area contributed by atoms with Crippen molar-refractivity contribution >= 4 is 0 Å². The fourth-order valence-electron chi connectivity index (χ4n) is 3.03. The van der Waals surface area contributed by atoms with E-state index in [-0.39, 0.29) is 11.9 Å². The SMILES string of the molecule is CCC1CCC(NC(CC)c2ccc(F)cn2)CC1. The van der Waals surface area contributed by atoms with Gasteiger partial charge in [0, 0.05) is 12.1 Å². The molecule has 1 aromatic rings. The van der Waals surface area contributed by atoms with E-state index < -0.39 is 0 Å². The van der Waals surface area contributed by atoms with Crippen molar-refractivity contribution < 1.29 is 4.39 Å². The first-order valence-corrected chi connectivity index (χ1v) is 7.60. The van der Waals surface area contributed by atoms with Crippen LogP contribution in [0.4, 0.5) is 4.39 Å². The lowest BCUT2D eigenvalue weighted by Crippen LogP contribution is -2.36. The molecule has 0 bridgehead atoms. The molecule has 1 unspecified atom stereocenters. The largest absolute Gasteiger partial charge is 0.306 e. The number of rotatable bonds is 5. The zero-order valence-corrected chi connectivity index (χ0v) is 12.0. The Balaban J connectivity index is 1.91. The van der Waals surface area contributed by atoms with Crippen molar-refractivity contribution in [1.29, 1.82) is 0 Å². The molecule has 0 saturated heterocycles. The van der Waals surface area contributed by atoms with Gasteiger partial charge in [0.15, 0.2) is 0 Å². The van der Waals surface area contributed by atoms with Crippen LogP contribution < -0.4 is 5.32 Å². The van der Waals surface area contributed by atoms with Gasteiger partial charge in [0.25, 0.3) is 0 Å². The first kappa shape index (κ1) is 14.4. The van der Waals surface area contributed by atoms with Crippen molar-refractivity contribution in [3.8, 4) is 0 Å². The van der Waals surface area contributed by atoms with Gasteiger partial charge >= 0.3 is 0 Å². The molecule has 0 radical (unpaired) electrons. The molecular weight excluding hydrogens is 239 g/mol. The Morgan fingerprint density at radius 1 is 1.26 bits per heavy atom. The molecule has 0 aromatic carbocycles. The molecule has 1 atom stereocenters. The lowest BCUT2D eigenvalue weighted by molar-refractivity contribution is 0.266. The summed E-state index contributed by atoms with van der Waals surface area (Å²) >= 11 is 0. The number of hydrogen-bond acceptors (Lipinski definition) is 2. The Morgan fingerprint density at radius 2 is 2.00 bits per heavy atom. The number of nitrogens with zero attached hydrogens (tertiary/aromatic N) is 1. The number of hydrogen-bond donors (Lipinski definition) is 1. The van der Waals surface area contributed by atoms with Crippen molar-refractivity contribution in [1.82, 2.24) is 10.3 Å². The molecule has 2 nitrogen and oxygen atoms in total. The quantitative estimate of drug-likeness (QED) is 0.861. The molecule has 1 aromatic heterocycles. The second-order valence-corrected chi connectivity index (χ2v) is 5.65. The highest BCUT2D eigenvalue weighted by Gasteiger charge is 2.22. The van der Waals surface area contributed by atoms with Crippen molar-refractivity contribution in [3.05, 3.63) is 29.8 Å². The molecule has 1 fully saturated rings. The van der Waals surface area contributed by atoms with E-state index in [9.17, 15) is 4.39 Å². The summed E-state index contributed by atoms with van der Waals surface area (Å²) in [5, 5.41) is 3.70. The van der Waals surface area contributed by atoms with E-state index in [0.717, 1.165) is 18.0 Å². The van der Waals surface area contributed by atoms with Crippen molar-refractivity contribution in [2.75, 3.05) is 0 Å². The molecule has 0 spiro atoms. The maximum absolute atomic E-state index is 12.9. The van der Waals surface area contributed by atoms with Crippen LogP contribution in [0.2, 0.25) is 0 Å². The molecule has 2 rings (SSSR count). The molecule has 1 saturated carbocycles. The fourth-order valence-corrected chi connectivity index (χ4v) is 3.03. The molecule has 0 aliphatic heterocycles. The van der Waals surface area contributed by atoms with Crippen molar-refractivity contribution in [3.63, 3.8) is 0 Å². The fraction of sp³-hybridized carbons (Fsp3) is 0.688. The summed E-state index contributed by atoms with van der Waals surface area (Å²) in [6.45, 7) is 4.44. The average Bonchev–Trinajstić information content (AvgIpc) is 2.46. The summed E-state index contributed by atoms with van der Waals surface area (Å²) in [5.41, 5.74) is 0.960. The highest BCUT2D eigenvalue weighted by atomic mass is 19.1. The molecule has 106 valence electrons. The monoisotopic (exact) mass is 264 g/mol. The summed E-state index contributed by atoms with van der Waals surface area (Å²) in [6.07, 6.45) is 8.80. The van der Waals surface area contributed by atoms with Crippen molar-refractivity contribution in [2.45, 2.75) is 64.5 Å². The summed E-state index contributed by atoms with van der Waals surface area (Å²) in [5.74, 6) is 0.657. The Hall–Kier alpha value is -0.960. The lowest BCUT2D eigenvalue weighted by atomic mass is 9.84. The van der Waals surface area contributed by atoms with Gasteiger partial charge in [-0.25, -0.2) is 4.39 Å². The van der Waals surface area contributed by atoms with Gasteiger partial charge in [-0.05, 0) is 50.2 Å². The van der Waals surface area contributed by atoms with E-state index in [4.69, 9.17) is 0 Å². The predicted molar refractivity (Wildman–Crippen MR) is 76.4 cm³/mol. The van der Waals surface area contributed by atoms with Gasteiger partial charge in [-0.3, -0.25) is 4.98 Å². The zero-order valence-electron chi connectivity index (χ0n) is 12.0. The number of nitrogens with one attached hydrogen (secondary N) is 1. The summed E-state index contributed by atoms with van der Waals surface area (Å²) in [7, 11) is 0. The van der Waals surface area contributed by atoms with Crippen LogP contribution in [0, 0.1) is 11.7 Å². The predicted octanol–water partition coefficient (Wildman–Crippen LogP) is 4.23. The maximum Gasteiger partial charge on any atom is 0.141 e. The van der Waals surface area contributed by atoms with Crippen LogP contribution in [-0.4, -0.2) is 11.0 Å². The minimum atomic E-state index is -0.262. The molecule has 1 aliphatic rings. The Kier molecular flexibility index (Phi) is 5.32. The third-order valence-corrected chi connectivity index (χ3v) is 4.38. The zero-order chi connectivity index (χ0) is 13.7. The summed E-state index contributed by atoms with van der Waals surface area (Å²) in [4.78, 5) is 4.21. The van der Waals surface area contributed by atoms with Gasteiger partial charge < -0.3 is 5.32 Å². The van der Waals surface area contributed by atoms with Gasteiger partial charge in [-0.15, -0.1) is 0 Å². The molecule has 1 N–H and O–H groups in total. The minimum Gasteiger partial charge on any atom is -0.306 e. The third kappa shape index (κ3) is 4.00. The first-order chi connectivity index (χ1) is 9.22. The molecular formula is C16H25FN2. The smallest absolute Gasteiger partial charge is 0.141 e. The normalized spacial score (nSPS) is 25.2. The van der Waals surface area contributed by atoms with E-state index >= 15 is 0 Å². The standard InChI is InChI=1S/C16H25FN2/c1-3-12-5-8-14(9-6-12)19-15(4-2)16-10-7-13(17)11-18-16/h7,10-12,14-15,19H,3-6,8-9H2,1-2H3. The Labute approximate surface area is 115 Å². The lowest BCUT2D eigenvalue weighted by Gasteiger charge is -2.31. The molecule has 1 aliphatic carbocycles. The van der Waals surface area contributed by atoms with Crippen LogP contribution in [0.3, 0.4) is 0 Å². The second-order valence-electron chi connectivity index (χ2n) is 5.65. The number of aromatic nitrogens is 1. The maximum atomic E-state index is 12.9. The number of halogens is 1. The van der Waals surface area contributed by atoms with Crippen LogP contribution in [0.5, 0.6) is 0 Å². The van der Waals surface area contributed by atoms with Crippen LogP contribution >= 0.6 is 0 Å².